The van der Waals surface area contributed by atoms with Gasteiger partial charge < -0.3 is 20.6 Å². The molecule has 4 N–H and O–H groups in total. The molecule has 0 aromatic carbocycles. The zero-order chi connectivity index (χ0) is 17.7. The summed E-state index contributed by atoms with van der Waals surface area (Å²) in [5.41, 5.74) is 9.32. The fourth-order valence-electron chi connectivity index (χ4n) is 1.98. The second-order valence-corrected chi connectivity index (χ2v) is 5.53. The summed E-state index contributed by atoms with van der Waals surface area (Å²) in [5, 5.41) is 3.37. The van der Waals surface area contributed by atoms with Crippen LogP contribution in [0, 0.1) is 0 Å². The fraction of sp³-hybridized carbons (Fsp3) is 0.688. The van der Waals surface area contributed by atoms with Gasteiger partial charge in [-0.1, -0.05) is 0 Å². The van der Waals surface area contributed by atoms with Crippen LogP contribution in [0.5, 0.6) is 0 Å². The number of allylic oxidation sites excluding steroid dienone is 1. The first-order valence-corrected chi connectivity index (χ1v) is 7.86. The Morgan fingerprint density at radius 1 is 1.39 bits per heavy atom. The Bertz CT molecular complexity index is 396. The van der Waals surface area contributed by atoms with Gasteiger partial charge in [0.2, 0.25) is 0 Å². The summed E-state index contributed by atoms with van der Waals surface area (Å²) in [6.45, 7) is 10.2. The summed E-state index contributed by atoms with van der Waals surface area (Å²) in [6.07, 6.45) is 5.20. The lowest BCUT2D eigenvalue weighted by molar-refractivity contribution is 0.0774. The lowest BCUT2D eigenvalue weighted by atomic mass is 10.1. The molecule has 0 aliphatic heterocycles. The predicted molar refractivity (Wildman–Crippen MR) is 95.8 cm³/mol. The second-order valence-electron chi connectivity index (χ2n) is 5.53. The summed E-state index contributed by atoms with van der Waals surface area (Å²) < 4.78 is 5.10. The van der Waals surface area contributed by atoms with Gasteiger partial charge in [0, 0.05) is 26.2 Å². The Morgan fingerprint density at radius 2 is 2.09 bits per heavy atom. The van der Waals surface area contributed by atoms with E-state index in [1.807, 2.05) is 40.1 Å². The quantitative estimate of drug-likeness (QED) is 0.164. The van der Waals surface area contributed by atoms with Crippen LogP contribution in [0.15, 0.2) is 28.6 Å². The van der Waals surface area contributed by atoms with Crippen LogP contribution in [-0.4, -0.2) is 57.3 Å². The first-order chi connectivity index (χ1) is 10.9. The highest BCUT2D eigenvalue weighted by Crippen LogP contribution is 2.10. The number of nitrogens with zero attached hydrogens (tertiary/aromatic N) is 2. The predicted octanol–water partition coefficient (Wildman–Crippen LogP) is 1.20. The van der Waals surface area contributed by atoms with Gasteiger partial charge in [-0.25, -0.2) is 0 Å². The third kappa shape index (κ3) is 10.7. The zero-order valence-corrected chi connectivity index (χ0v) is 15.3. The molecule has 0 saturated carbocycles. The van der Waals surface area contributed by atoms with Crippen molar-refractivity contribution >= 4 is 6.34 Å². The molecular weight excluding hydrogens is 294 g/mol. The van der Waals surface area contributed by atoms with E-state index in [9.17, 15) is 0 Å². The topological polar surface area (TPSA) is 84.1 Å². The highest BCUT2D eigenvalue weighted by molar-refractivity contribution is 5.52. The molecule has 0 saturated heterocycles. The van der Waals surface area contributed by atoms with Crippen molar-refractivity contribution in [2.45, 2.75) is 39.8 Å². The van der Waals surface area contributed by atoms with Gasteiger partial charge in [0.25, 0.3) is 0 Å². The van der Waals surface area contributed by atoms with E-state index in [0.29, 0.717) is 6.73 Å². The van der Waals surface area contributed by atoms with Crippen LogP contribution >= 0.6 is 0 Å². The van der Waals surface area contributed by atoms with E-state index >= 15 is 0 Å². The minimum atomic E-state index is -0.157. The van der Waals surface area contributed by atoms with E-state index in [1.165, 1.54) is 6.34 Å². The number of hydrogen-bond acceptors (Lipinski definition) is 6. The van der Waals surface area contributed by atoms with Crippen molar-refractivity contribution in [3.05, 3.63) is 23.6 Å². The SMILES string of the molecule is CCNO/C(C)=C/C(N=CN)/C(C)=C/N[C@H](C)CN(C)COC. The van der Waals surface area contributed by atoms with Crippen molar-refractivity contribution in [2.24, 2.45) is 10.7 Å². The maximum atomic E-state index is 5.45. The van der Waals surface area contributed by atoms with Crippen LogP contribution in [0.3, 0.4) is 0 Å². The van der Waals surface area contributed by atoms with Gasteiger partial charge in [0.1, 0.15) is 5.76 Å². The number of aliphatic imine (C=N–C) groups is 1. The third-order valence-electron chi connectivity index (χ3n) is 3.01. The molecule has 0 rings (SSSR count). The van der Waals surface area contributed by atoms with Crippen LogP contribution in [0.1, 0.15) is 27.7 Å². The molecule has 0 bridgehead atoms. The molecule has 0 heterocycles. The summed E-state index contributed by atoms with van der Waals surface area (Å²) in [5.74, 6) is 0.753. The van der Waals surface area contributed by atoms with E-state index in [-0.39, 0.29) is 12.1 Å². The molecule has 0 aliphatic carbocycles. The third-order valence-corrected chi connectivity index (χ3v) is 3.01. The first kappa shape index (κ1) is 21.4. The first-order valence-electron chi connectivity index (χ1n) is 7.86. The van der Waals surface area contributed by atoms with Crippen molar-refractivity contribution in [3.8, 4) is 0 Å². The molecular formula is C16H33N5O2. The Hall–Kier alpha value is -1.57. The maximum Gasteiger partial charge on any atom is 0.119 e. The van der Waals surface area contributed by atoms with Crippen molar-refractivity contribution in [1.82, 2.24) is 15.7 Å². The highest BCUT2D eigenvalue weighted by atomic mass is 16.6. The Kier molecular flexibility index (Phi) is 12.0. The van der Waals surface area contributed by atoms with E-state index in [4.69, 9.17) is 15.3 Å². The molecule has 0 aromatic rings. The van der Waals surface area contributed by atoms with Crippen molar-refractivity contribution in [1.29, 1.82) is 0 Å². The van der Waals surface area contributed by atoms with Crippen LogP contribution in [0.2, 0.25) is 0 Å². The van der Waals surface area contributed by atoms with E-state index in [0.717, 1.165) is 24.4 Å². The van der Waals surface area contributed by atoms with Crippen LogP contribution in [0.4, 0.5) is 0 Å². The number of hydroxylamine groups is 1. The molecule has 0 aliphatic rings. The van der Waals surface area contributed by atoms with Gasteiger partial charge in [0.05, 0.1) is 19.1 Å². The molecule has 0 spiro atoms. The second kappa shape index (κ2) is 12.9. The zero-order valence-electron chi connectivity index (χ0n) is 15.3. The van der Waals surface area contributed by atoms with Gasteiger partial charge in [-0.3, -0.25) is 9.89 Å². The summed E-state index contributed by atoms with van der Waals surface area (Å²) in [7, 11) is 3.71. The summed E-state index contributed by atoms with van der Waals surface area (Å²) >= 11 is 0. The molecule has 7 nitrogen and oxygen atoms in total. The summed E-state index contributed by atoms with van der Waals surface area (Å²) in [6, 6.07) is 0.130. The molecule has 134 valence electrons. The van der Waals surface area contributed by atoms with Gasteiger partial charge in [-0.15, -0.1) is 0 Å². The van der Waals surface area contributed by atoms with Gasteiger partial charge in [0.15, 0.2) is 0 Å². The molecule has 2 atom stereocenters. The van der Waals surface area contributed by atoms with Crippen LogP contribution in [-0.2, 0) is 9.57 Å². The molecule has 23 heavy (non-hydrogen) atoms. The minimum absolute atomic E-state index is 0.157. The Balaban J connectivity index is 4.67. The Morgan fingerprint density at radius 3 is 2.65 bits per heavy atom. The lowest BCUT2D eigenvalue weighted by Crippen LogP contribution is -2.36. The normalized spacial score (nSPS) is 16.0. The molecule has 0 amide bonds. The average Bonchev–Trinajstić information content (AvgIpc) is 2.50. The van der Waals surface area contributed by atoms with E-state index in [1.54, 1.807) is 7.11 Å². The maximum absolute atomic E-state index is 5.45. The van der Waals surface area contributed by atoms with E-state index in [2.05, 4.69) is 27.6 Å². The van der Waals surface area contributed by atoms with E-state index < -0.39 is 0 Å². The number of methoxy groups -OCH3 is 1. The highest BCUT2D eigenvalue weighted by Gasteiger charge is 2.08. The number of nitrogens with two attached hydrogens (primary N) is 1. The average molecular weight is 327 g/mol. The van der Waals surface area contributed by atoms with Crippen LogP contribution < -0.4 is 16.5 Å². The number of hydrogen-bond donors (Lipinski definition) is 3. The number of likely N-dealkylation sites (N-methyl/N-ethyl adjacent to an activating group) is 1. The lowest BCUT2D eigenvalue weighted by Gasteiger charge is -2.21. The fourth-order valence-corrected chi connectivity index (χ4v) is 1.98. The van der Waals surface area contributed by atoms with Gasteiger partial charge in [-0.05, 0) is 52.6 Å². The molecule has 0 aromatic heterocycles. The van der Waals surface area contributed by atoms with Gasteiger partial charge in [-0.2, -0.15) is 5.48 Å². The minimum Gasteiger partial charge on any atom is -0.414 e. The standard InChI is InChI=1S/C16H33N5O2/c1-7-20-23-15(4)8-16(19-11-17)13(2)9-18-14(3)10-21(5)12-22-6/h8-9,11,14,16,18,20H,7,10,12H2,1-6H3,(H2,17,19)/b13-9+,15-8+/t14-,16?/m1/s1. The largest absolute Gasteiger partial charge is 0.414 e. The van der Waals surface area contributed by atoms with Crippen molar-refractivity contribution in [2.75, 3.05) is 34.0 Å². The number of rotatable bonds is 12. The van der Waals surface area contributed by atoms with Crippen molar-refractivity contribution in [3.63, 3.8) is 0 Å². The van der Waals surface area contributed by atoms with Gasteiger partial charge >= 0.3 is 0 Å². The number of nitrogens with one attached hydrogen (secondary N) is 2. The molecule has 0 fully saturated rings. The molecule has 7 heteroatoms. The van der Waals surface area contributed by atoms with Crippen LogP contribution in [0.25, 0.3) is 0 Å². The van der Waals surface area contributed by atoms with Crippen molar-refractivity contribution < 1.29 is 9.57 Å². The molecule has 0 radical (unpaired) electrons. The Labute approximate surface area is 140 Å². The monoisotopic (exact) mass is 327 g/mol. The number of ether oxygens (including phenoxy) is 1. The molecule has 1 unspecified atom stereocenters. The smallest absolute Gasteiger partial charge is 0.119 e. The summed E-state index contributed by atoms with van der Waals surface area (Å²) in [4.78, 5) is 11.7.